The molecule has 0 spiro atoms. The van der Waals surface area contributed by atoms with Crippen LogP contribution in [0, 0.1) is 6.92 Å². The summed E-state index contributed by atoms with van der Waals surface area (Å²) in [6.07, 6.45) is 7.64. The minimum atomic E-state index is 0.696. The first-order valence-corrected chi connectivity index (χ1v) is 6.12. The highest BCUT2D eigenvalue weighted by Crippen LogP contribution is 2.08. The second-order valence-corrected chi connectivity index (χ2v) is 4.33. The molecule has 2 nitrogen and oxygen atoms in total. The lowest BCUT2D eigenvalue weighted by molar-refractivity contribution is 0.313. The number of unbranched alkanes of at least 4 members (excludes halogenated alkanes) is 3. The van der Waals surface area contributed by atoms with E-state index in [0.29, 0.717) is 12.1 Å². The van der Waals surface area contributed by atoms with Crippen molar-refractivity contribution in [2.45, 2.75) is 57.5 Å². The first-order chi connectivity index (χ1) is 6.86. The molecule has 1 saturated heterocycles. The maximum Gasteiger partial charge on any atom is 0.0195 e. The molecule has 2 N–H and O–H groups in total. The Labute approximate surface area is 88.8 Å². The Morgan fingerprint density at radius 1 is 1.14 bits per heavy atom. The molecule has 0 aliphatic carbocycles. The van der Waals surface area contributed by atoms with Crippen LogP contribution in [0.1, 0.15) is 45.4 Å². The molecular formula is C12H25N2. The highest BCUT2D eigenvalue weighted by atomic mass is 15.1. The summed E-state index contributed by atoms with van der Waals surface area (Å²) in [5.41, 5.74) is 0. The summed E-state index contributed by atoms with van der Waals surface area (Å²) in [6, 6.07) is 1.40. The molecule has 1 rings (SSSR count). The van der Waals surface area contributed by atoms with E-state index in [1.807, 2.05) is 0 Å². The molecule has 2 heteroatoms. The third-order valence-electron chi connectivity index (χ3n) is 3.05. The van der Waals surface area contributed by atoms with Gasteiger partial charge in [0.15, 0.2) is 0 Å². The van der Waals surface area contributed by atoms with Gasteiger partial charge in [0.1, 0.15) is 0 Å². The molecule has 0 aromatic heterocycles. The maximum absolute atomic E-state index is 3.87. The van der Waals surface area contributed by atoms with Crippen LogP contribution in [-0.2, 0) is 0 Å². The lowest BCUT2D eigenvalue weighted by Crippen LogP contribution is -2.54. The second kappa shape index (κ2) is 7.24. The Morgan fingerprint density at radius 2 is 1.93 bits per heavy atom. The van der Waals surface area contributed by atoms with Gasteiger partial charge in [0.25, 0.3) is 0 Å². The van der Waals surface area contributed by atoms with Crippen molar-refractivity contribution in [3.8, 4) is 0 Å². The minimum absolute atomic E-state index is 0.696. The van der Waals surface area contributed by atoms with Crippen molar-refractivity contribution in [3.63, 3.8) is 0 Å². The van der Waals surface area contributed by atoms with Gasteiger partial charge in [-0.2, -0.15) is 0 Å². The van der Waals surface area contributed by atoms with E-state index >= 15 is 0 Å². The second-order valence-electron chi connectivity index (χ2n) is 4.33. The molecule has 0 saturated carbocycles. The fraction of sp³-hybridized carbons (Fsp3) is 0.917. The van der Waals surface area contributed by atoms with Gasteiger partial charge in [0, 0.05) is 25.2 Å². The fourth-order valence-electron chi connectivity index (χ4n) is 2.07. The van der Waals surface area contributed by atoms with Crippen LogP contribution in [0.25, 0.3) is 0 Å². The van der Waals surface area contributed by atoms with Gasteiger partial charge in [-0.1, -0.05) is 39.5 Å². The highest BCUT2D eigenvalue weighted by molar-refractivity contribution is 4.82. The standard InChI is InChI=1S/C12H25N2/c1-3-5-6-7-8-12-10-13-9-11(4-2)14-12/h11-14H,1,3-10H2,2H3. The van der Waals surface area contributed by atoms with Gasteiger partial charge in [-0.25, -0.2) is 0 Å². The summed E-state index contributed by atoms with van der Waals surface area (Å²) in [6.45, 7) is 8.42. The number of hydrogen-bond donors (Lipinski definition) is 2. The van der Waals surface area contributed by atoms with E-state index in [-0.39, 0.29) is 0 Å². The number of piperazine rings is 1. The fourth-order valence-corrected chi connectivity index (χ4v) is 2.07. The van der Waals surface area contributed by atoms with Crippen LogP contribution in [-0.4, -0.2) is 25.2 Å². The summed E-state index contributed by atoms with van der Waals surface area (Å²) >= 11 is 0. The van der Waals surface area contributed by atoms with E-state index in [1.54, 1.807) is 0 Å². The quantitative estimate of drug-likeness (QED) is 0.637. The molecule has 0 amide bonds. The third-order valence-corrected chi connectivity index (χ3v) is 3.05. The van der Waals surface area contributed by atoms with E-state index in [9.17, 15) is 0 Å². The minimum Gasteiger partial charge on any atom is -0.314 e. The van der Waals surface area contributed by atoms with Gasteiger partial charge in [0.2, 0.25) is 0 Å². The summed E-state index contributed by atoms with van der Waals surface area (Å²) in [5, 5.41) is 7.20. The average molecular weight is 197 g/mol. The van der Waals surface area contributed by atoms with Gasteiger partial charge in [-0.3, -0.25) is 0 Å². The van der Waals surface area contributed by atoms with Gasteiger partial charge in [-0.15, -0.1) is 0 Å². The summed E-state index contributed by atoms with van der Waals surface area (Å²) in [5.74, 6) is 0. The lowest BCUT2D eigenvalue weighted by Gasteiger charge is -2.31. The van der Waals surface area contributed by atoms with Crippen LogP contribution in [0.3, 0.4) is 0 Å². The van der Waals surface area contributed by atoms with Gasteiger partial charge >= 0.3 is 0 Å². The van der Waals surface area contributed by atoms with Crippen molar-refractivity contribution in [2.75, 3.05) is 13.1 Å². The first-order valence-electron chi connectivity index (χ1n) is 6.12. The van der Waals surface area contributed by atoms with E-state index in [1.165, 1.54) is 32.1 Å². The number of hydrogen-bond acceptors (Lipinski definition) is 2. The normalized spacial score (nSPS) is 27.9. The van der Waals surface area contributed by atoms with E-state index in [4.69, 9.17) is 0 Å². The SMILES string of the molecule is [CH2]CCCCCC1CNCC(CC)N1. The molecule has 1 fully saturated rings. The molecule has 0 aromatic rings. The molecule has 1 aliphatic rings. The van der Waals surface area contributed by atoms with Crippen molar-refractivity contribution in [3.05, 3.63) is 6.92 Å². The summed E-state index contributed by atoms with van der Waals surface area (Å²) < 4.78 is 0. The first kappa shape index (κ1) is 12.0. The van der Waals surface area contributed by atoms with E-state index < -0.39 is 0 Å². The van der Waals surface area contributed by atoms with Gasteiger partial charge in [0.05, 0.1) is 0 Å². The molecule has 2 unspecified atom stereocenters. The largest absolute Gasteiger partial charge is 0.314 e. The zero-order valence-corrected chi connectivity index (χ0v) is 9.52. The zero-order valence-electron chi connectivity index (χ0n) is 9.52. The van der Waals surface area contributed by atoms with Crippen molar-refractivity contribution < 1.29 is 0 Å². The Bertz CT molecular complexity index is 136. The maximum atomic E-state index is 3.87. The van der Waals surface area contributed by atoms with Crippen molar-refractivity contribution in [1.29, 1.82) is 0 Å². The predicted octanol–water partition coefficient (Wildman–Crippen LogP) is 2.11. The lowest BCUT2D eigenvalue weighted by atomic mass is 10.0. The Morgan fingerprint density at radius 3 is 2.64 bits per heavy atom. The molecule has 0 bridgehead atoms. The highest BCUT2D eigenvalue weighted by Gasteiger charge is 2.18. The molecule has 14 heavy (non-hydrogen) atoms. The smallest absolute Gasteiger partial charge is 0.0195 e. The van der Waals surface area contributed by atoms with Crippen LogP contribution in [0.15, 0.2) is 0 Å². The van der Waals surface area contributed by atoms with Crippen LogP contribution < -0.4 is 10.6 Å². The number of nitrogens with one attached hydrogen (secondary N) is 2. The van der Waals surface area contributed by atoms with E-state index in [0.717, 1.165) is 19.5 Å². The third kappa shape index (κ3) is 4.43. The molecular weight excluding hydrogens is 172 g/mol. The average Bonchev–Trinajstić information content (AvgIpc) is 2.25. The van der Waals surface area contributed by atoms with Gasteiger partial charge < -0.3 is 10.6 Å². The summed E-state index contributed by atoms with van der Waals surface area (Å²) in [7, 11) is 0. The molecule has 2 atom stereocenters. The Hall–Kier alpha value is -0.0800. The summed E-state index contributed by atoms with van der Waals surface area (Å²) in [4.78, 5) is 0. The molecule has 83 valence electrons. The van der Waals surface area contributed by atoms with Crippen LogP contribution >= 0.6 is 0 Å². The van der Waals surface area contributed by atoms with Crippen LogP contribution in [0.5, 0.6) is 0 Å². The topological polar surface area (TPSA) is 24.1 Å². The molecule has 0 aromatic carbocycles. The van der Waals surface area contributed by atoms with Crippen LogP contribution in [0.4, 0.5) is 0 Å². The van der Waals surface area contributed by atoms with Crippen LogP contribution in [0.2, 0.25) is 0 Å². The van der Waals surface area contributed by atoms with Gasteiger partial charge in [-0.05, 0) is 12.8 Å². The molecule has 1 radical (unpaired) electrons. The Kier molecular flexibility index (Phi) is 6.20. The Balaban J connectivity index is 2.05. The molecule has 1 heterocycles. The molecule has 1 aliphatic heterocycles. The van der Waals surface area contributed by atoms with Crippen molar-refractivity contribution in [2.24, 2.45) is 0 Å². The van der Waals surface area contributed by atoms with E-state index in [2.05, 4.69) is 24.5 Å². The predicted molar refractivity (Wildman–Crippen MR) is 62.3 cm³/mol. The monoisotopic (exact) mass is 197 g/mol. The van der Waals surface area contributed by atoms with Crippen molar-refractivity contribution in [1.82, 2.24) is 10.6 Å². The number of rotatable bonds is 6. The van der Waals surface area contributed by atoms with Crippen molar-refractivity contribution >= 4 is 0 Å². The zero-order chi connectivity index (χ0) is 10.2.